The summed E-state index contributed by atoms with van der Waals surface area (Å²) in [6.45, 7) is 7.70. The van der Waals surface area contributed by atoms with Gasteiger partial charge in [-0.2, -0.15) is 0 Å². The maximum absolute atomic E-state index is 13.5. The van der Waals surface area contributed by atoms with Crippen LogP contribution in [0.5, 0.6) is 0 Å². The third-order valence-corrected chi connectivity index (χ3v) is 8.60. The lowest BCUT2D eigenvalue weighted by molar-refractivity contribution is 0.0939. The minimum Gasteiger partial charge on any atom is -0.459 e. The normalized spacial score (nSPS) is 15.9. The van der Waals surface area contributed by atoms with Crippen LogP contribution in [0, 0.1) is 11.3 Å². The van der Waals surface area contributed by atoms with E-state index < -0.39 is 6.04 Å². The van der Waals surface area contributed by atoms with Crippen LogP contribution < -0.4 is 16.0 Å². The fourth-order valence-electron chi connectivity index (χ4n) is 5.22. The van der Waals surface area contributed by atoms with Gasteiger partial charge < -0.3 is 25.5 Å². The molecule has 4 aromatic rings. The number of rotatable bonds is 9. The molecule has 0 saturated heterocycles. The van der Waals surface area contributed by atoms with E-state index in [1.54, 1.807) is 18.2 Å². The summed E-state index contributed by atoms with van der Waals surface area (Å²) >= 11 is 1.41. The Morgan fingerprint density at radius 1 is 1.15 bits per heavy atom. The number of furan rings is 1. The van der Waals surface area contributed by atoms with E-state index in [0.29, 0.717) is 29.6 Å². The highest BCUT2D eigenvalue weighted by molar-refractivity contribution is 7.20. The molecule has 40 heavy (non-hydrogen) atoms. The van der Waals surface area contributed by atoms with Gasteiger partial charge in [-0.25, -0.2) is 4.98 Å². The van der Waals surface area contributed by atoms with Crippen molar-refractivity contribution in [3.8, 4) is 0 Å². The largest absolute Gasteiger partial charge is 0.459 e. The van der Waals surface area contributed by atoms with Crippen molar-refractivity contribution in [1.82, 2.24) is 15.6 Å². The molecule has 210 valence electrons. The Kier molecular flexibility index (Phi) is 8.35. The molecular formula is C31H36N4O4S. The number of anilines is 1. The maximum atomic E-state index is 13.5. The van der Waals surface area contributed by atoms with Gasteiger partial charge in [-0.3, -0.25) is 9.59 Å². The molecule has 0 spiro atoms. The lowest BCUT2D eigenvalue weighted by atomic mass is 9.71. The summed E-state index contributed by atoms with van der Waals surface area (Å²) in [6.07, 6.45) is 4.57. The van der Waals surface area contributed by atoms with E-state index in [0.717, 1.165) is 40.7 Å². The van der Waals surface area contributed by atoms with E-state index in [1.165, 1.54) is 23.2 Å². The molecule has 1 aliphatic carbocycles. The van der Waals surface area contributed by atoms with Gasteiger partial charge in [0.05, 0.1) is 23.8 Å². The predicted octanol–water partition coefficient (Wildman–Crippen LogP) is 5.35. The first-order valence-corrected chi connectivity index (χ1v) is 14.5. The van der Waals surface area contributed by atoms with Crippen LogP contribution in [-0.4, -0.2) is 41.6 Å². The van der Waals surface area contributed by atoms with Crippen LogP contribution in [0.15, 0.2) is 59.2 Å². The number of aliphatic hydroxyl groups excluding tert-OH is 1. The molecule has 0 radical (unpaired) electrons. The number of aryl methyl sites for hydroxylation is 1. The quantitative estimate of drug-likeness (QED) is 0.205. The zero-order valence-corrected chi connectivity index (χ0v) is 23.9. The number of amides is 2. The molecule has 3 heterocycles. The Labute approximate surface area is 238 Å². The molecule has 0 unspecified atom stereocenters. The van der Waals surface area contributed by atoms with E-state index in [9.17, 15) is 14.7 Å². The van der Waals surface area contributed by atoms with E-state index in [2.05, 4.69) is 42.8 Å². The van der Waals surface area contributed by atoms with E-state index in [4.69, 9.17) is 9.40 Å². The van der Waals surface area contributed by atoms with Crippen molar-refractivity contribution in [2.24, 2.45) is 11.3 Å². The average molecular weight is 561 g/mol. The number of pyridine rings is 1. The number of aromatic nitrogens is 1. The highest BCUT2D eigenvalue weighted by Crippen LogP contribution is 2.38. The van der Waals surface area contributed by atoms with Gasteiger partial charge in [0.1, 0.15) is 4.83 Å². The standard InChI is InChI=1S/C31H36N4O4S/c1-31(2,3)22-9-10-24-20(15-22)14-21-17-27(40-30(21)35-24)29(38)34-25(18-32-11-12-36)19-6-4-7-23(16-19)33-28(37)26-8-5-13-39-26/h4-8,13-14,16-17,22,25,32,36H,9-12,15,18H2,1-3H3,(H,33,37)(H,34,38)/t22-,25-/m1/s1. The Morgan fingerprint density at radius 2 is 2.00 bits per heavy atom. The second-order valence-electron chi connectivity index (χ2n) is 11.4. The van der Waals surface area contributed by atoms with Crippen molar-refractivity contribution in [1.29, 1.82) is 0 Å². The predicted molar refractivity (Wildman–Crippen MR) is 158 cm³/mol. The van der Waals surface area contributed by atoms with E-state index in [-0.39, 0.29) is 29.6 Å². The van der Waals surface area contributed by atoms with Crippen molar-refractivity contribution in [3.63, 3.8) is 0 Å². The SMILES string of the molecule is CC(C)(C)[C@@H]1CCc2nc3sc(C(=O)N[C@H](CNCCO)c4cccc(NC(=O)c5ccco5)c4)cc3cc2C1. The van der Waals surface area contributed by atoms with Crippen LogP contribution in [-0.2, 0) is 12.8 Å². The first-order chi connectivity index (χ1) is 19.2. The van der Waals surface area contributed by atoms with Gasteiger partial charge in [0, 0.05) is 29.9 Å². The fraction of sp³-hybridized carbons (Fsp3) is 0.387. The zero-order valence-electron chi connectivity index (χ0n) is 23.1. The summed E-state index contributed by atoms with van der Waals surface area (Å²) < 4.78 is 5.18. The highest BCUT2D eigenvalue weighted by atomic mass is 32.1. The second-order valence-corrected chi connectivity index (χ2v) is 12.4. The van der Waals surface area contributed by atoms with Crippen LogP contribution in [0.2, 0.25) is 0 Å². The lowest BCUT2D eigenvalue weighted by Crippen LogP contribution is -2.36. The molecular weight excluding hydrogens is 524 g/mol. The van der Waals surface area contributed by atoms with E-state index in [1.807, 2.05) is 24.3 Å². The van der Waals surface area contributed by atoms with Crippen molar-refractivity contribution >= 4 is 39.1 Å². The Hall–Kier alpha value is -3.53. The molecule has 5 rings (SSSR count). The van der Waals surface area contributed by atoms with Gasteiger partial charge in [-0.05, 0) is 78.1 Å². The van der Waals surface area contributed by atoms with Crippen LogP contribution in [0.25, 0.3) is 10.2 Å². The molecule has 2 atom stereocenters. The summed E-state index contributed by atoms with van der Waals surface area (Å²) in [5, 5.41) is 19.4. The van der Waals surface area contributed by atoms with Crippen LogP contribution in [0.3, 0.4) is 0 Å². The number of hydrogen-bond acceptors (Lipinski definition) is 7. The summed E-state index contributed by atoms with van der Waals surface area (Å²) in [4.78, 5) is 32.4. The average Bonchev–Trinajstić information content (AvgIpc) is 3.61. The number of carbonyl (C=O) groups excluding carboxylic acids is 2. The molecule has 0 fully saturated rings. The van der Waals surface area contributed by atoms with Gasteiger partial charge in [0.15, 0.2) is 5.76 Å². The van der Waals surface area contributed by atoms with Gasteiger partial charge in [-0.15, -0.1) is 11.3 Å². The Bertz CT molecular complexity index is 1490. The van der Waals surface area contributed by atoms with E-state index >= 15 is 0 Å². The molecule has 9 heteroatoms. The molecule has 3 aromatic heterocycles. The van der Waals surface area contributed by atoms with Crippen LogP contribution >= 0.6 is 11.3 Å². The number of carbonyl (C=O) groups is 2. The van der Waals surface area contributed by atoms with Crippen LogP contribution in [0.4, 0.5) is 5.69 Å². The van der Waals surface area contributed by atoms with Crippen LogP contribution in [0.1, 0.15) is 70.3 Å². The van der Waals surface area contributed by atoms with Crippen molar-refractivity contribution in [3.05, 3.63) is 82.3 Å². The minimum absolute atomic E-state index is 0.0113. The van der Waals surface area contributed by atoms with Crippen molar-refractivity contribution in [2.45, 2.75) is 46.1 Å². The summed E-state index contributed by atoms with van der Waals surface area (Å²) in [7, 11) is 0. The molecule has 0 aliphatic heterocycles. The summed E-state index contributed by atoms with van der Waals surface area (Å²) in [5.41, 5.74) is 4.11. The topological polar surface area (TPSA) is 116 Å². The number of nitrogens with one attached hydrogen (secondary N) is 3. The van der Waals surface area contributed by atoms with Gasteiger partial charge in [0.2, 0.25) is 0 Å². The molecule has 0 bridgehead atoms. The summed E-state index contributed by atoms with van der Waals surface area (Å²) in [5.74, 6) is 0.297. The molecule has 8 nitrogen and oxygen atoms in total. The smallest absolute Gasteiger partial charge is 0.291 e. The monoisotopic (exact) mass is 560 g/mol. The Balaban J connectivity index is 1.34. The van der Waals surface area contributed by atoms with Gasteiger partial charge in [-0.1, -0.05) is 32.9 Å². The number of fused-ring (bicyclic) bond motifs is 2. The number of benzene rings is 1. The summed E-state index contributed by atoms with van der Waals surface area (Å²) in [6, 6.07) is 14.4. The third kappa shape index (κ3) is 6.43. The highest BCUT2D eigenvalue weighted by Gasteiger charge is 2.30. The first-order valence-electron chi connectivity index (χ1n) is 13.7. The second kappa shape index (κ2) is 11.9. The number of thiophene rings is 1. The molecule has 1 aliphatic rings. The molecule has 1 aromatic carbocycles. The number of nitrogens with zero attached hydrogens (tertiary/aromatic N) is 1. The first kappa shape index (κ1) is 28.0. The third-order valence-electron chi connectivity index (χ3n) is 7.56. The van der Waals surface area contributed by atoms with Crippen molar-refractivity contribution in [2.75, 3.05) is 25.0 Å². The lowest BCUT2D eigenvalue weighted by Gasteiger charge is -2.34. The molecule has 2 amide bonds. The van der Waals surface area contributed by atoms with Gasteiger partial charge in [0.25, 0.3) is 11.8 Å². The Morgan fingerprint density at radius 3 is 2.75 bits per heavy atom. The fourth-order valence-corrected chi connectivity index (χ4v) is 6.15. The minimum atomic E-state index is -0.390. The maximum Gasteiger partial charge on any atom is 0.291 e. The zero-order chi connectivity index (χ0) is 28.3. The molecule has 4 N–H and O–H groups in total. The van der Waals surface area contributed by atoms with Gasteiger partial charge >= 0.3 is 0 Å². The number of aliphatic hydroxyl groups is 1. The number of hydrogen-bond donors (Lipinski definition) is 4. The van der Waals surface area contributed by atoms with Crippen molar-refractivity contribution < 1.29 is 19.1 Å². The molecule has 0 saturated carbocycles.